The molecule has 116 valence electrons. The number of benzene rings is 1. The van der Waals surface area contributed by atoms with Crippen LogP contribution in [0.4, 0.5) is 10.6 Å². The Morgan fingerprint density at radius 2 is 2.00 bits per heavy atom. The summed E-state index contributed by atoms with van der Waals surface area (Å²) in [6, 6.07) is 10.8. The van der Waals surface area contributed by atoms with E-state index < -0.39 is 6.03 Å². The smallest absolute Gasteiger partial charge is 0.320 e. The molecule has 1 aromatic carbocycles. The second kappa shape index (κ2) is 7.82. The second-order valence-electron chi connectivity index (χ2n) is 4.42. The molecule has 0 atom stereocenters. The van der Waals surface area contributed by atoms with Crippen molar-refractivity contribution in [1.29, 1.82) is 0 Å². The van der Waals surface area contributed by atoms with E-state index in [1.54, 1.807) is 23.9 Å². The summed E-state index contributed by atoms with van der Waals surface area (Å²) in [4.78, 5) is 22.8. The minimum absolute atomic E-state index is 0.139. The number of ether oxygens (including phenoxy) is 1. The fourth-order valence-electron chi connectivity index (χ4n) is 1.79. The van der Waals surface area contributed by atoms with Gasteiger partial charge in [0.2, 0.25) is 0 Å². The maximum Gasteiger partial charge on any atom is 0.320 e. The molecule has 1 aromatic heterocycles. The molecule has 0 saturated carbocycles. The number of para-hydroxylation sites is 1. The third-order valence-electron chi connectivity index (χ3n) is 2.77. The molecule has 0 saturated heterocycles. The van der Waals surface area contributed by atoms with Crippen LogP contribution in [0.3, 0.4) is 0 Å². The van der Waals surface area contributed by atoms with E-state index >= 15 is 0 Å². The molecular formula is C15H18N4O3. The van der Waals surface area contributed by atoms with Crippen LogP contribution in [-0.4, -0.2) is 34.9 Å². The van der Waals surface area contributed by atoms with Gasteiger partial charge in [0.1, 0.15) is 0 Å². The Balaban J connectivity index is 1.80. The molecule has 2 N–H and O–H groups in total. The van der Waals surface area contributed by atoms with Crippen LogP contribution < -0.4 is 10.6 Å². The predicted molar refractivity (Wildman–Crippen MR) is 81.8 cm³/mol. The molecule has 7 heteroatoms. The van der Waals surface area contributed by atoms with Gasteiger partial charge in [-0.3, -0.25) is 10.1 Å². The summed E-state index contributed by atoms with van der Waals surface area (Å²) in [5.74, 6) is 0.0913. The minimum Gasteiger partial charge on any atom is -0.466 e. The number of nitrogens with one attached hydrogen (secondary N) is 2. The molecule has 0 aliphatic rings. The number of carbonyl (C=O) groups is 2. The molecule has 0 unspecified atom stereocenters. The topological polar surface area (TPSA) is 85.2 Å². The van der Waals surface area contributed by atoms with E-state index in [2.05, 4.69) is 15.7 Å². The molecule has 2 rings (SSSR count). The van der Waals surface area contributed by atoms with E-state index in [0.29, 0.717) is 12.4 Å². The summed E-state index contributed by atoms with van der Waals surface area (Å²) in [6.45, 7) is 2.28. The van der Waals surface area contributed by atoms with Crippen molar-refractivity contribution in [3.05, 3.63) is 42.6 Å². The number of rotatable bonds is 6. The molecular weight excluding hydrogens is 284 g/mol. The van der Waals surface area contributed by atoms with Crippen molar-refractivity contribution in [3.63, 3.8) is 0 Å². The standard InChI is InChI=1S/C15H18N4O3/c1-2-22-14(20)8-10-16-15(21)17-13-9-11-19(18-13)12-6-4-3-5-7-12/h3-7,9,11H,2,8,10H2,1H3,(H2,16,17,18,21). The van der Waals surface area contributed by atoms with Gasteiger partial charge in [-0.1, -0.05) is 18.2 Å². The van der Waals surface area contributed by atoms with E-state index in [9.17, 15) is 9.59 Å². The molecule has 1 heterocycles. The molecule has 0 fully saturated rings. The lowest BCUT2D eigenvalue weighted by molar-refractivity contribution is -0.142. The van der Waals surface area contributed by atoms with Gasteiger partial charge in [-0.05, 0) is 19.1 Å². The van der Waals surface area contributed by atoms with Gasteiger partial charge in [0, 0.05) is 18.8 Å². The quantitative estimate of drug-likeness (QED) is 0.799. The Bertz CT molecular complexity index is 625. The monoisotopic (exact) mass is 302 g/mol. The van der Waals surface area contributed by atoms with Crippen molar-refractivity contribution >= 4 is 17.8 Å². The molecule has 0 spiro atoms. The van der Waals surface area contributed by atoms with Crippen molar-refractivity contribution in [2.75, 3.05) is 18.5 Å². The Kier molecular flexibility index (Phi) is 5.53. The Hall–Kier alpha value is -2.83. The molecule has 7 nitrogen and oxygen atoms in total. The molecule has 0 bridgehead atoms. The summed E-state index contributed by atoms with van der Waals surface area (Å²) in [5.41, 5.74) is 0.901. The summed E-state index contributed by atoms with van der Waals surface area (Å²) in [7, 11) is 0. The fourth-order valence-corrected chi connectivity index (χ4v) is 1.79. The van der Waals surface area contributed by atoms with Crippen LogP contribution in [0.1, 0.15) is 13.3 Å². The largest absolute Gasteiger partial charge is 0.466 e. The van der Waals surface area contributed by atoms with Crippen LogP contribution in [0.15, 0.2) is 42.6 Å². The van der Waals surface area contributed by atoms with Gasteiger partial charge in [-0.15, -0.1) is 5.10 Å². The number of nitrogens with zero attached hydrogens (tertiary/aromatic N) is 2. The average Bonchev–Trinajstić information content (AvgIpc) is 2.97. The summed E-state index contributed by atoms with van der Waals surface area (Å²) in [5, 5.41) is 9.42. The number of esters is 1. The van der Waals surface area contributed by atoms with Crippen LogP contribution in [0.5, 0.6) is 0 Å². The molecule has 0 aliphatic carbocycles. The highest BCUT2D eigenvalue weighted by atomic mass is 16.5. The number of urea groups is 1. The molecule has 2 aromatic rings. The number of hydrogen-bond acceptors (Lipinski definition) is 4. The zero-order chi connectivity index (χ0) is 15.8. The van der Waals surface area contributed by atoms with Gasteiger partial charge < -0.3 is 10.1 Å². The SMILES string of the molecule is CCOC(=O)CCNC(=O)Nc1ccn(-c2ccccc2)n1. The van der Waals surface area contributed by atoms with Crippen LogP contribution in [0, 0.1) is 0 Å². The Morgan fingerprint density at radius 3 is 2.73 bits per heavy atom. The van der Waals surface area contributed by atoms with E-state index in [1.807, 2.05) is 30.3 Å². The Morgan fingerprint density at radius 1 is 1.23 bits per heavy atom. The second-order valence-corrected chi connectivity index (χ2v) is 4.42. The first kappa shape index (κ1) is 15.6. The first-order valence-corrected chi connectivity index (χ1v) is 7.00. The zero-order valence-electron chi connectivity index (χ0n) is 12.3. The normalized spacial score (nSPS) is 10.0. The van der Waals surface area contributed by atoms with Gasteiger partial charge in [0.05, 0.1) is 18.7 Å². The molecule has 2 amide bonds. The van der Waals surface area contributed by atoms with Gasteiger partial charge in [-0.25, -0.2) is 9.48 Å². The first-order valence-electron chi connectivity index (χ1n) is 7.00. The van der Waals surface area contributed by atoms with Crippen LogP contribution in [0.25, 0.3) is 5.69 Å². The highest BCUT2D eigenvalue weighted by Crippen LogP contribution is 2.09. The summed E-state index contributed by atoms with van der Waals surface area (Å²) >= 11 is 0. The number of aromatic nitrogens is 2. The van der Waals surface area contributed by atoms with Crippen LogP contribution in [-0.2, 0) is 9.53 Å². The van der Waals surface area contributed by atoms with Gasteiger partial charge in [-0.2, -0.15) is 0 Å². The highest BCUT2D eigenvalue weighted by molar-refractivity contribution is 5.88. The van der Waals surface area contributed by atoms with Crippen LogP contribution >= 0.6 is 0 Å². The third-order valence-corrected chi connectivity index (χ3v) is 2.77. The minimum atomic E-state index is -0.414. The molecule has 22 heavy (non-hydrogen) atoms. The van der Waals surface area contributed by atoms with Crippen molar-refractivity contribution in [2.45, 2.75) is 13.3 Å². The number of anilines is 1. The van der Waals surface area contributed by atoms with Gasteiger partial charge in [0.25, 0.3) is 0 Å². The summed E-state index contributed by atoms with van der Waals surface area (Å²) in [6.07, 6.45) is 1.89. The van der Waals surface area contributed by atoms with E-state index in [-0.39, 0.29) is 18.9 Å². The van der Waals surface area contributed by atoms with E-state index in [4.69, 9.17) is 4.74 Å². The average molecular weight is 302 g/mol. The fraction of sp³-hybridized carbons (Fsp3) is 0.267. The van der Waals surface area contributed by atoms with Crippen molar-refractivity contribution in [2.24, 2.45) is 0 Å². The Labute approximate surface area is 128 Å². The maximum absolute atomic E-state index is 11.7. The summed E-state index contributed by atoms with van der Waals surface area (Å²) < 4.78 is 6.43. The number of hydrogen-bond donors (Lipinski definition) is 2. The molecule has 0 aliphatic heterocycles. The zero-order valence-corrected chi connectivity index (χ0v) is 12.3. The van der Waals surface area contributed by atoms with E-state index in [1.165, 1.54) is 0 Å². The van der Waals surface area contributed by atoms with Gasteiger partial charge >= 0.3 is 12.0 Å². The third kappa shape index (κ3) is 4.62. The maximum atomic E-state index is 11.7. The van der Waals surface area contributed by atoms with E-state index in [0.717, 1.165) is 5.69 Å². The van der Waals surface area contributed by atoms with Crippen molar-refractivity contribution < 1.29 is 14.3 Å². The lowest BCUT2D eigenvalue weighted by Crippen LogP contribution is -2.31. The van der Waals surface area contributed by atoms with Crippen molar-refractivity contribution in [3.8, 4) is 5.69 Å². The number of amides is 2. The predicted octanol–water partition coefficient (Wildman–Crippen LogP) is 1.95. The number of carbonyl (C=O) groups excluding carboxylic acids is 2. The highest BCUT2D eigenvalue weighted by Gasteiger charge is 2.07. The van der Waals surface area contributed by atoms with Crippen molar-refractivity contribution in [1.82, 2.24) is 15.1 Å². The first-order chi connectivity index (χ1) is 10.7. The van der Waals surface area contributed by atoms with Crippen LogP contribution in [0.2, 0.25) is 0 Å². The van der Waals surface area contributed by atoms with Gasteiger partial charge in [0.15, 0.2) is 5.82 Å². The lowest BCUT2D eigenvalue weighted by atomic mass is 10.3. The lowest BCUT2D eigenvalue weighted by Gasteiger charge is -2.05. The molecule has 0 radical (unpaired) electrons.